The molecule has 0 atom stereocenters. The average Bonchev–Trinajstić information content (AvgIpc) is 3.15. The fourth-order valence-electron chi connectivity index (χ4n) is 2.98. The second kappa shape index (κ2) is 6.69. The molecule has 0 unspecified atom stereocenters. The summed E-state index contributed by atoms with van der Waals surface area (Å²) in [5.74, 6) is 1.16. The Balaban J connectivity index is 1.56. The minimum Gasteiger partial charge on any atom is -0.378 e. The summed E-state index contributed by atoms with van der Waals surface area (Å²) in [5, 5.41) is 4.14. The van der Waals surface area contributed by atoms with Crippen LogP contribution in [0.1, 0.15) is 11.1 Å². The zero-order chi connectivity index (χ0) is 17.2. The Kier molecular flexibility index (Phi) is 4.24. The van der Waals surface area contributed by atoms with Gasteiger partial charge >= 0.3 is 0 Å². The molecule has 5 nitrogen and oxygen atoms in total. The highest BCUT2D eigenvalue weighted by molar-refractivity contribution is 5.63. The Morgan fingerprint density at radius 1 is 0.880 bits per heavy atom. The van der Waals surface area contributed by atoms with Gasteiger partial charge in [0, 0.05) is 29.9 Å². The maximum atomic E-state index is 5.46. The monoisotopic (exact) mass is 335 g/mol. The van der Waals surface area contributed by atoms with Crippen LogP contribution in [0.15, 0.2) is 47.0 Å². The summed E-state index contributed by atoms with van der Waals surface area (Å²) in [4.78, 5) is 6.88. The standard InChI is InChI=1S/C20H21N3O2/c1-14-3-4-17(13-15(14)2)20-21-19(22-25-20)16-5-7-18(8-6-16)23-9-11-24-12-10-23/h3-8,13H,9-12H2,1-2H3. The number of ether oxygens (including phenoxy) is 1. The molecule has 0 bridgehead atoms. The van der Waals surface area contributed by atoms with Gasteiger partial charge in [0.05, 0.1) is 13.2 Å². The summed E-state index contributed by atoms with van der Waals surface area (Å²) in [6.07, 6.45) is 0. The van der Waals surface area contributed by atoms with Crippen molar-refractivity contribution < 1.29 is 9.26 Å². The van der Waals surface area contributed by atoms with E-state index in [2.05, 4.69) is 53.2 Å². The molecule has 0 radical (unpaired) electrons. The lowest BCUT2D eigenvalue weighted by atomic mass is 10.1. The van der Waals surface area contributed by atoms with Crippen LogP contribution in [0.5, 0.6) is 0 Å². The zero-order valence-electron chi connectivity index (χ0n) is 14.5. The molecule has 0 spiro atoms. The van der Waals surface area contributed by atoms with Gasteiger partial charge in [-0.25, -0.2) is 0 Å². The Bertz CT molecular complexity index is 865. The number of anilines is 1. The second-order valence-electron chi connectivity index (χ2n) is 6.37. The first-order valence-electron chi connectivity index (χ1n) is 8.55. The topological polar surface area (TPSA) is 51.4 Å². The van der Waals surface area contributed by atoms with Gasteiger partial charge in [0.25, 0.3) is 5.89 Å². The Morgan fingerprint density at radius 3 is 2.32 bits per heavy atom. The van der Waals surface area contributed by atoms with Crippen LogP contribution in [-0.4, -0.2) is 36.4 Å². The maximum Gasteiger partial charge on any atom is 0.258 e. The molecule has 1 aliphatic rings. The lowest BCUT2D eigenvalue weighted by molar-refractivity contribution is 0.122. The van der Waals surface area contributed by atoms with Crippen molar-refractivity contribution in [1.82, 2.24) is 10.1 Å². The lowest BCUT2D eigenvalue weighted by Gasteiger charge is -2.28. The fourth-order valence-corrected chi connectivity index (χ4v) is 2.98. The second-order valence-corrected chi connectivity index (χ2v) is 6.37. The molecule has 1 fully saturated rings. The molecule has 0 aliphatic carbocycles. The first-order chi connectivity index (χ1) is 12.2. The summed E-state index contributed by atoms with van der Waals surface area (Å²) in [6, 6.07) is 14.5. The van der Waals surface area contributed by atoms with E-state index in [0.29, 0.717) is 11.7 Å². The predicted octanol–water partition coefficient (Wildman–Crippen LogP) is 3.86. The van der Waals surface area contributed by atoms with Gasteiger partial charge < -0.3 is 14.2 Å². The van der Waals surface area contributed by atoms with Crippen molar-refractivity contribution in [3.05, 3.63) is 53.6 Å². The number of benzene rings is 2. The van der Waals surface area contributed by atoms with Crippen molar-refractivity contribution in [3.63, 3.8) is 0 Å². The van der Waals surface area contributed by atoms with E-state index in [-0.39, 0.29) is 0 Å². The first-order valence-corrected chi connectivity index (χ1v) is 8.55. The van der Waals surface area contributed by atoms with Crippen LogP contribution in [-0.2, 0) is 4.74 Å². The van der Waals surface area contributed by atoms with Gasteiger partial charge in [0.1, 0.15) is 0 Å². The zero-order valence-corrected chi connectivity index (χ0v) is 14.5. The van der Waals surface area contributed by atoms with Crippen LogP contribution < -0.4 is 4.90 Å². The SMILES string of the molecule is Cc1ccc(-c2nc(-c3ccc(N4CCOCC4)cc3)no2)cc1C. The van der Waals surface area contributed by atoms with Crippen molar-refractivity contribution in [3.8, 4) is 22.8 Å². The molecule has 4 rings (SSSR count). The van der Waals surface area contributed by atoms with Gasteiger partial charge in [0.15, 0.2) is 0 Å². The summed E-state index contributed by atoms with van der Waals surface area (Å²) in [6.45, 7) is 7.60. The molecule has 3 aromatic rings. The molecule has 2 heterocycles. The molecular weight excluding hydrogens is 314 g/mol. The number of nitrogens with zero attached hydrogens (tertiary/aromatic N) is 3. The minimum atomic E-state index is 0.551. The quantitative estimate of drug-likeness (QED) is 0.727. The van der Waals surface area contributed by atoms with Crippen LogP contribution in [0.2, 0.25) is 0 Å². The third-order valence-corrected chi connectivity index (χ3v) is 4.68. The molecule has 0 saturated carbocycles. The highest BCUT2D eigenvalue weighted by Gasteiger charge is 2.14. The van der Waals surface area contributed by atoms with Crippen LogP contribution in [0.3, 0.4) is 0 Å². The van der Waals surface area contributed by atoms with Crippen LogP contribution >= 0.6 is 0 Å². The van der Waals surface area contributed by atoms with Gasteiger partial charge in [0.2, 0.25) is 5.82 Å². The molecule has 2 aromatic carbocycles. The summed E-state index contributed by atoms with van der Waals surface area (Å²) < 4.78 is 10.9. The molecule has 128 valence electrons. The van der Waals surface area contributed by atoms with Crippen LogP contribution in [0.4, 0.5) is 5.69 Å². The summed E-state index contributed by atoms with van der Waals surface area (Å²) in [5.41, 5.74) is 5.57. The number of aryl methyl sites for hydroxylation is 2. The van der Waals surface area contributed by atoms with E-state index in [9.17, 15) is 0 Å². The van der Waals surface area contributed by atoms with E-state index in [0.717, 1.165) is 37.4 Å². The van der Waals surface area contributed by atoms with E-state index in [1.54, 1.807) is 0 Å². The van der Waals surface area contributed by atoms with E-state index in [1.807, 2.05) is 18.2 Å². The highest BCUT2D eigenvalue weighted by Crippen LogP contribution is 2.25. The van der Waals surface area contributed by atoms with Gasteiger partial charge in [-0.15, -0.1) is 0 Å². The Hall–Kier alpha value is -2.66. The lowest BCUT2D eigenvalue weighted by Crippen LogP contribution is -2.36. The maximum absolute atomic E-state index is 5.46. The van der Waals surface area contributed by atoms with Crippen LogP contribution in [0, 0.1) is 13.8 Å². The average molecular weight is 335 g/mol. The van der Waals surface area contributed by atoms with E-state index in [1.165, 1.54) is 16.8 Å². The summed E-state index contributed by atoms with van der Waals surface area (Å²) >= 11 is 0. The number of aromatic nitrogens is 2. The molecule has 1 aliphatic heterocycles. The number of rotatable bonds is 3. The Morgan fingerprint density at radius 2 is 1.60 bits per heavy atom. The molecule has 0 N–H and O–H groups in total. The fraction of sp³-hybridized carbons (Fsp3) is 0.300. The molecule has 25 heavy (non-hydrogen) atoms. The third kappa shape index (κ3) is 3.28. The number of hydrogen-bond acceptors (Lipinski definition) is 5. The van der Waals surface area contributed by atoms with Gasteiger partial charge in [-0.05, 0) is 61.4 Å². The van der Waals surface area contributed by atoms with E-state index in [4.69, 9.17) is 9.26 Å². The predicted molar refractivity (Wildman–Crippen MR) is 97.7 cm³/mol. The van der Waals surface area contributed by atoms with E-state index < -0.39 is 0 Å². The van der Waals surface area contributed by atoms with Crippen molar-refractivity contribution in [2.75, 3.05) is 31.2 Å². The molecule has 1 aromatic heterocycles. The van der Waals surface area contributed by atoms with Crippen molar-refractivity contribution in [2.24, 2.45) is 0 Å². The molecule has 5 heteroatoms. The minimum absolute atomic E-state index is 0.551. The van der Waals surface area contributed by atoms with Gasteiger partial charge in [-0.1, -0.05) is 11.2 Å². The summed E-state index contributed by atoms with van der Waals surface area (Å²) in [7, 11) is 0. The number of hydrogen-bond donors (Lipinski definition) is 0. The highest BCUT2D eigenvalue weighted by atomic mass is 16.5. The van der Waals surface area contributed by atoms with E-state index >= 15 is 0 Å². The Labute approximate surface area is 147 Å². The third-order valence-electron chi connectivity index (χ3n) is 4.68. The molecule has 0 amide bonds. The molecular formula is C20H21N3O2. The normalized spacial score (nSPS) is 14.7. The van der Waals surface area contributed by atoms with Crippen LogP contribution in [0.25, 0.3) is 22.8 Å². The van der Waals surface area contributed by atoms with Crippen molar-refractivity contribution in [2.45, 2.75) is 13.8 Å². The van der Waals surface area contributed by atoms with Gasteiger partial charge in [-0.2, -0.15) is 4.98 Å². The first kappa shape index (κ1) is 15.8. The molecule has 1 saturated heterocycles. The largest absolute Gasteiger partial charge is 0.378 e. The van der Waals surface area contributed by atoms with Gasteiger partial charge in [-0.3, -0.25) is 0 Å². The van der Waals surface area contributed by atoms with Crippen molar-refractivity contribution >= 4 is 5.69 Å². The number of morpholine rings is 1. The smallest absolute Gasteiger partial charge is 0.258 e. The van der Waals surface area contributed by atoms with Crippen molar-refractivity contribution in [1.29, 1.82) is 0 Å².